The van der Waals surface area contributed by atoms with Crippen LogP contribution in [-0.2, 0) is 9.53 Å². The van der Waals surface area contributed by atoms with Gasteiger partial charge in [0.25, 0.3) is 0 Å². The molecule has 5 rings (SSSR count). The predicted molar refractivity (Wildman–Crippen MR) is 175 cm³/mol. The van der Waals surface area contributed by atoms with E-state index >= 15 is 0 Å². The van der Waals surface area contributed by atoms with E-state index in [1.807, 2.05) is 30.3 Å². The number of esters is 1. The molecule has 0 fully saturated rings. The van der Waals surface area contributed by atoms with Gasteiger partial charge in [-0.15, -0.1) is 0 Å². The van der Waals surface area contributed by atoms with Gasteiger partial charge in [-0.05, 0) is 100.0 Å². The summed E-state index contributed by atoms with van der Waals surface area (Å²) in [5, 5.41) is 4.49. The molecule has 0 amide bonds. The quantitative estimate of drug-likeness (QED) is 0.0607. The molecule has 0 N–H and O–H groups in total. The molecular weight excluding hydrogens is 536 g/mol. The largest absolute Gasteiger partial charge is 0.494 e. The second-order valence-corrected chi connectivity index (χ2v) is 10.5. The fraction of sp³-hybridized carbons (Fsp3) is 0.237. The summed E-state index contributed by atoms with van der Waals surface area (Å²) in [6.07, 6.45) is 1.92. The molecular formula is C38H38O5. The summed E-state index contributed by atoms with van der Waals surface area (Å²) < 4.78 is 23.0. The molecule has 0 aliphatic carbocycles. The summed E-state index contributed by atoms with van der Waals surface area (Å²) >= 11 is 0. The van der Waals surface area contributed by atoms with E-state index in [4.69, 9.17) is 18.9 Å². The van der Waals surface area contributed by atoms with Crippen molar-refractivity contribution in [1.29, 1.82) is 0 Å². The molecule has 0 saturated heterocycles. The summed E-state index contributed by atoms with van der Waals surface area (Å²) in [7, 11) is 0. The number of hydrogen-bond acceptors (Lipinski definition) is 5. The average Bonchev–Trinajstić information content (AvgIpc) is 3.04. The summed E-state index contributed by atoms with van der Waals surface area (Å²) in [4.78, 5) is 11.8. The summed E-state index contributed by atoms with van der Waals surface area (Å²) in [6, 6.07) is 31.4. The lowest BCUT2D eigenvalue weighted by Gasteiger charge is -2.19. The highest BCUT2D eigenvalue weighted by atomic mass is 16.6. The minimum absolute atomic E-state index is 0.144. The van der Waals surface area contributed by atoms with Crippen LogP contribution < -0.4 is 14.2 Å². The summed E-state index contributed by atoms with van der Waals surface area (Å²) in [5.74, 6) is 2.00. The van der Waals surface area contributed by atoms with Crippen LogP contribution in [0.5, 0.6) is 17.2 Å². The molecule has 0 unspecified atom stereocenters. The van der Waals surface area contributed by atoms with E-state index in [0.29, 0.717) is 24.5 Å². The fourth-order valence-corrected chi connectivity index (χ4v) is 5.16. The van der Waals surface area contributed by atoms with Crippen molar-refractivity contribution in [2.24, 2.45) is 0 Å². The lowest BCUT2D eigenvalue weighted by molar-refractivity contribution is -0.139. The highest BCUT2D eigenvalue weighted by molar-refractivity contribution is 6.21. The summed E-state index contributed by atoms with van der Waals surface area (Å²) in [6.45, 7) is 11.2. The van der Waals surface area contributed by atoms with Gasteiger partial charge in [0.05, 0.1) is 13.2 Å². The predicted octanol–water partition coefficient (Wildman–Crippen LogP) is 9.40. The van der Waals surface area contributed by atoms with E-state index in [-0.39, 0.29) is 13.2 Å². The number of carbonyl (C=O) groups excluding carboxylic acids is 1. The molecule has 43 heavy (non-hydrogen) atoms. The van der Waals surface area contributed by atoms with Gasteiger partial charge in [-0.1, -0.05) is 75.0 Å². The van der Waals surface area contributed by atoms with Crippen LogP contribution in [0.3, 0.4) is 0 Å². The molecule has 0 aliphatic heterocycles. The Kier molecular flexibility index (Phi) is 9.63. The van der Waals surface area contributed by atoms with Crippen LogP contribution in [0, 0.1) is 0 Å². The molecule has 0 heterocycles. The second kappa shape index (κ2) is 13.9. The molecule has 0 aromatic heterocycles. The molecule has 5 heteroatoms. The average molecular weight is 575 g/mol. The molecule has 5 nitrogen and oxygen atoms in total. The Balaban J connectivity index is 1.63. The van der Waals surface area contributed by atoms with Gasteiger partial charge in [0.1, 0.15) is 30.5 Å². The number of rotatable bonds is 13. The topological polar surface area (TPSA) is 54.0 Å². The van der Waals surface area contributed by atoms with Gasteiger partial charge in [-0.3, -0.25) is 0 Å². The zero-order valence-electron chi connectivity index (χ0n) is 25.2. The first-order valence-corrected chi connectivity index (χ1v) is 14.9. The van der Waals surface area contributed by atoms with Crippen molar-refractivity contribution < 1.29 is 23.7 Å². The van der Waals surface area contributed by atoms with Crippen molar-refractivity contribution in [1.82, 2.24) is 0 Å². The SMILES string of the molecule is C=C(C)C(=O)OCCOc1ccc2c(-c3ccc(OCCC)cc3)c3ccccc3c(-c3ccc(OCCC)cc3)c2c1. The molecule has 5 aromatic rings. The fourth-order valence-electron chi connectivity index (χ4n) is 5.16. The zero-order chi connectivity index (χ0) is 30.2. The minimum atomic E-state index is -0.419. The molecule has 0 atom stereocenters. The Labute approximate surface area is 253 Å². The van der Waals surface area contributed by atoms with Crippen molar-refractivity contribution >= 4 is 27.5 Å². The lowest BCUT2D eigenvalue weighted by Crippen LogP contribution is -2.12. The smallest absolute Gasteiger partial charge is 0.333 e. The lowest BCUT2D eigenvalue weighted by atomic mass is 9.86. The molecule has 5 aromatic carbocycles. The number of carbonyl (C=O) groups is 1. The van der Waals surface area contributed by atoms with Gasteiger partial charge in [0.15, 0.2) is 0 Å². The van der Waals surface area contributed by atoms with Crippen LogP contribution in [0.15, 0.2) is 103 Å². The second-order valence-electron chi connectivity index (χ2n) is 10.5. The van der Waals surface area contributed by atoms with Gasteiger partial charge < -0.3 is 18.9 Å². The number of fused-ring (bicyclic) bond motifs is 2. The Bertz CT molecular complexity index is 1720. The van der Waals surface area contributed by atoms with Gasteiger partial charge >= 0.3 is 5.97 Å². The van der Waals surface area contributed by atoms with E-state index < -0.39 is 5.97 Å². The van der Waals surface area contributed by atoms with Gasteiger partial charge in [0.2, 0.25) is 0 Å². The highest BCUT2D eigenvalue weighted by Crippen LogP contribution is 2.45. The maximum Gasteiger partial charge on any atom is 0.333 e. The Morgan fingerprint density at radius 1 is 0.581 bits per heavy atom. The first-order chi connectivity index (χ1) is 21.0. The molecule has 0 radical (unpaired) electrons. The maximum atomic E-state index is 11.8. The third kappa shape index (κ3) is 6.83. The molecule has 220 valence electrons. The van der Waals surface area contributed by atoms with Crippen LogP contribution in [0.25, 0.3) is 43.8 Å². The van der Waals surface area contributed by atoms with E-state index in [1.165, 1.54) is 5.39 Å². The third-order valence-electron chi connectivity index (χ3n) is 7.16. The van der Waals surface area contributed by atoms with Crippen LogP contribution in [0.4, 0.5) is 0 Å². The van der Waals surface area contributed by atoms with Crippen molar-refractivity contribution in [2.45, 2.75) is 33.6 Å². The molecule has 0 bridgehead atoms. The van der Waals surface area contributed by atoms with Crippen molar-refractivity contribution in [3.63, 3.8) is 0 Å². The molecule has 0 aliphatic rings. The number of hydrogen-bond donors (Lipinski definition) is 0. The monoisotopic (exact) mass is 574 g/mol. The standard InChI is InChI=1S/C38H38O5/c1-5-21-40-29-15-11-27(12-16-29)36-32-9-7-8-10-33(32)37(28-13-17-30(18-14-28)41-22-6-2)35-25-31(19-20-34(35)36)42-23-24-43-38(39)26(3)4/h7-20,25H,3,5-6,21-24H2,1-2,4H3. The van der Waals surface area contributed by atoms with E-state index in [2.05, 4.69) is 81.1 Å². The number of ether oxygens (including phenoxy) is 4. The normalized spacial score (nSPS) is 11.0. The Morgan fingerprint density at radius 3 is 1.56 bits per heavy atom. The van der Waals surface area contributed by atoms with E-state index in [0.717, 1.165) is 62.8 Å². The van der Waals surface area contributed by atoms with Crippen molar-refractivity contribution in [2.75, 3.05) is 26.4 Å². The maximum absolute atomic E-state index is 11.8. The number of benzene rings is 5. The third-order valence-corrected chi connectivity index (χ3v) is 7.16. The van der Waals surface area contributed by atoms with Crippen LogP contribution in [0.1, 0.15) is 33.6 Å². The van der Waals surface area contributed by atoms with Crippen LogP contribution in [0.2, 0.25) is 0 Å². The van der Waals surface area contributed by atoms with Crippen LogP contribution in [-0.4, -0.2) is 32.4 Å². The first kappa shape index (κ1) is 29.7. The molecule has 0 saturated carbocycles. The van der Waals surface area contributed by atoms with Gasteiger partial charge in [-0.25, -0.2) is 4.79 Å². The summed E-state index contributed by atoms with van der Waals surface area (Å²) in [5.41, 5.74) is 4.85. The van der Waals surface area contributed by atoms with Crippen molar-refractivity contribution in [3.8, 4) is 39.5 Å². The van der Waals surface area contributed by atoms with E-state index in [9.17, 15) is 4.79 Å². The van der Waals surface area contributed by atoms with Crippen molar-refractivity contribution in [3.05, 3.63) is 103 Å². The first-order valence-electron chi connectivity index (χ1n) is 14.9. The van der Waals surface area contributed by atoms with E-state index in [1.54, 1.807) is 6.92 Å². The van der Waals surface area contributed by atoms with Gasteiger partial charge in [0, 0.05) is 5.57 Å². The van der Waals surface area contributed by atoms with Gasteiger partial charge in [-0.2, -0.15) is 0 Å². The Hall–Kier alpha value is -4.77. The molecule has 0 spiro atoms. The highest BCUT2D eigenvalue weighted by Gasteiger charge is 2.18. The Morgan fingerprint density at radius 2 is 1.05 bits per heavy atom. The van der Waals surface area contributed by atoms with Crippen LogP contribution >= 0.6 is 0 Å². The minimum Gasteiger partial charge on any atom is -0.494 e. The zero-order valence-corrected chi connectivity index (χ0v) is 25.2.